The molecule has 2 aliphatic heterocycles. The summed E-state index contributed by atoms with van der Waals surface area (Å²) < 4.78 is 74.9. The fourth-order valence-corrected chi connectivity index (χ4v) is 7.75. The number of carbonyl (C=O) groups is 1. The van der Waals surface area contributed by atoms with Crippen LogP contribution in [-0.2, 0) is 40.6 Å². The summed E-state index contributed by atoms with van der Waals surface area (Å²) in [5.74, 6) is -0.835. The third-order valence-electron chi connectivity index (χ3n) is 9.29. The van der Waals surface area contributed by atoms with Crippen molar-refractivity contribution in [3.63, 3.8) is 0 Å². The largest absolute Gasteiger partial charge is 0.481 e. The molecule has 0 radical (unpaired) electrons. The molecule has 48 heavy (non-hydrogen) atoms. The highest BCUT2D eigenvalue weighted by molar-refractivity contribution is 7.86. The lowest BCUT2D eigenvalue weighted by atomic mass is 9.76. The van der Waals surface area contributed by atoms with Crippen LogP contribution in [0.1, 0.15) is 70.9 Å². The number of fused-ring (bicyclic) bond motifs is 2. The number of nitrogens with zero attached hydrogens (tertiary/aromatic N) is 2. The minimum atomic E-state index is -4.44. The maximum atomic E-state index is 12.1. The first kappa shape index (κ1) is 37.2. The number of methoxy groups -OCH3 is 1. The molecule has 1 unspecified atom stereocenters. The maximum Gasteiger partial charge on any atom is 0.303 e. The number of ether oxygens (including phenoxy) is 1. The minimum Gasteiger partial charge on any atom is -0.481 e. The van der Waals surface area contributed by atoms with Crippen molar-refractivity contribution < 1.29 is 45.2 Å². The smallest absolute Gasteiger partial charge is 0.303 e. The number of rotatable bonds is 15. The number of anilines is 1. The highest BCUT2D eigenvalue weighted by Gasteiger charge is 2.48. The third-order valence-corrected chi connectivity index (χ3v) is 11.0. The first-order chi connectivity index (χ1) is 22.5. The van der Waals surface area contributed by atoms with Crippen LogP contribution in [-0.4, -0.2) is 74.1 Å². The van der Waals surface area contributed by atoms with Crippen molar-refractivity contribution in [3.8, 4) is 0 Å². The zero-order valence-corrected chi connectivity index (χ0v) is 29.6. The molecule has 4 rings (SSSR count). The predicted molar refractivity (Wildman–Crippen MR) is 185 cm³/mol. The summed E-state index contributed by atoms with van der Waals surface area (Å²) in [7, 11) is -7.19. The van der Waals surface area contributed by atoms with E-state index in [2.05, 4.69) is 9.48 Å². The van der Waals surface area contributed by atoms with E-state index >= 15 is 0 Å². The van der Waals surface area contributed by atoms with Crippen molar-refractivity contribution in [3.05, 3.63) is 83.6 Å². The first-order valence-corrected chi connectivity index (χ1v) is 18.8. The van der Waals surface area contributed by atoms with Crippen LogP contribution < -0.4 is 4.90 Å². The molecule has 13 heteroatoms. The van der Waals surface area contributed by atoms with E-state index in [9.17, 15) is 30.7 Å². The molecule has 0 bridgehead atoms. The fourth-order valence-electron chi connectivity index (χ4n) is 6.74. The molecule has 2 heterocycles. The van der Waals surface area contributed by atoms with Crippen LogP contribution in [0, 0.1) is 0 Å². The zero-order chi connectivity index (χ0) is 35.5. The molecule has 2 aromatic carbocycles. The molecule has 2 aromatic rings. The second-order valence-electron chi connectivity index (χ2n) is 12.8. The van der Waals surface area contributed by atoms with Gasteiger partial charge in [0.1, 0.15) is 6.54 Å². The van der Waals surface area contributed by atoms with Crippen molar-refractivity contribution in [1.82, 2.24) is 0 Å². The number of hydrogen-bond acceptors (Lipinski definition) is 7. The molecule has 0 aromatic heterocycles. The van der Waals surface area contributed by atoms with Crippen molar-refractivity contribution in [1.29, 1.82) is 0 Å². The highest BCUT2D eigenvalue weighted by atomic mass is 32.2. The van der Waals surface area contributed by atoms with E-state index in [1.54, 1.807) is 19.2 Å². The van der Waals surface area contributed by atoms with E-state index < -0.39 is 37.0 Å². The second kappa shape index (κ2) is 14.5. The first-order valence-electron chi connectivity index (χ1n) is 15.9. The SMILES string of the molecule is CCN1/C(=C/C=C/C=C/C2=[N+](CCCCCC(=O)O)c3ccc(S(=O)(=O)O)cc3C2(C)CCOC)C(C)(C)c2cc(S(=O)(=O)O)ccc21. The van der Waals surface area contributed by atoms with Crippen LogP contribution in [0.3, 0.4) is 0 Å². The summed E-state index contributed by atoms with van der Waals surface area (Å²) in [6.07, 6.45) is 12.3. The van der Waals surface area contributed by atoms with Crippen LogP contribution in [0.4, 0.5) is 11.4 Å². The number of unbranched alkanes of at least 4 members (excludes halogenated alkanes) is 2. The number of benzene rings is 2. The van der Waals surface area contributed by atoms with E-state index in [1.165, 1.54) is 24.3 Å². The van der Waals surface area contributed by atoms with Crippen LogP contribution >= 0.6 is 0 Å². The van der Waals surface area contributed by atoms with Gasteiger partial charge in [-0.05, 0) is 75.1 Å². The van der Waals surface area contributed by atoms with Gasteiger partial charge in [-0.3, -0.25) is 13.9 Å². The van der Waals surface area contributed by atoms with Crippen molar-refractivity contribution in [2.45, 2.75) is 80.4 Å². The van der Waals surface area contributed by atoms with Gasteiger partial charge < -0.3 is 14.7 Å². The van der Waals surface area contributed by atoms with Gasteiger partial charge in [-0.2, -0.15) is 21.4 Å². The maximum absolute atomic E-state index is 12.1. The Morgan fingerprint density at radius 2 is 1.56 bits per heavy atom. The number of hydrogen-bond donors (Lipinski definition) is 3. The topological polar surface area (TPSA) is 162 Å². The molecule has 1 atom stereocenters. The van der Waals surface area contributed by atoms with E-state index in [4.69, 9.17) is 9.84 Å². The predicted octanol–water partition coefficient (Wildman–Crippen LogP) is 6.03. The average Bonchev–Trinajstić information content (AvgIpc) is 3.37. The van der Waals surface area contributed by atoms with Gasteiger partial charge in [-0.25, -0.2) is 0 Å². The van der Waals surface area contributed by atoms with Gasteiger partial charge in [0.25, 0.3) is 20.2 Å². The van der Waals surface area contributed by atoms with Crippen molar-refractivity contribution >= 4 is 43.3 Å². The van der Waals surface area contributed by atoms with Crippen LogP contribution in [0.25, 0.3) is 0 Å². The molecule has 11 nitrogen and oxygen atoms in total. The minimum absolute atomic E-state index is 0.0929. The lowest BCUT2D eigenvalue weighted by Crippen LogP contribution is -2.33. The molecular formula is C35H45N2O9S2+. The summed E-state index contributed by atoms with van der Waals surface area (Å²) in [5, 5.41) is 9.04. The summed E-state index contributed by atoms with van der Waals surface area (Å²) in [5.41, 5.74) is 3.92. The molecule has 0 saturated carbocycles. The van der Waals surface area contributed by atoms with Gasteiger partial charge in [-0.15, -0.1) is 0 Å². The highest BCUT2D eigenvalue weighted by Crippen LogP contribution is 2.48. The molecule has 0 spiro atoms. The average molecular weight is 702 g/mol. The molecular weight excluding hydrogens is 657 g/mol. The molecule has 0 fully saturated rings. The Kier molecular flexibility index (Phi) is 11.2. The molecule has 2 aliphatic rings. The summed E-state index contributed by atoms with van der Waals surface area (Å²) in [4.78, 5) is 12.8. The van der Waals surface area contributed by atoms with Crippen molar-refractivity contribution in [2.24, 2.45) is 0 Å². The Balaban J connectivity index is 1.71. The molecule has 260 valence electrons. The zero-order valence-electron chi connectivity index (χ0n) is 28.0. The Hall–Kier alpha value is -3.62. The lowest BCUT2D eigenvalue weighted by molar-refractivity contribution is -0.438. The number of aliphatic carboxylic acids is 1. The lowest BCUT2D eigenvalue weighted by Gasteiger charge is -2.25. The van der Waals surface area contributed by atoms with E-state index in [1.807, 2.05) is 58.1 Å². The van der Waals surface area contributed by atoms with Crippen molar-refractivity contribution in [2.75, 3.05) is 31.7 Å². The number of likely N-dealkylation sites (N-methyl/N-ethyl adjacent to an activating group) is 1. The van der Waals surface area contributed by atoms with Gasteiger partial charge in [0, 0.05) is 67.6 Å². The standard InChI is InChI=1S/C35H44N2O9S2/c1-6-36-29-18-16-25(47(40,41)42)23-27(29)34(2,3)31(36)13-9-7-10-14-32-35(4,20-22-46-5)28-24-26(48(43,44)45)17-19-30(28)37(32)21-12-8-11-15-33(38)39/h7,9-10,13-14,16-19,23-24H,6,8,11-12,15,20-22H2,1-5H3,(H2-,38,39,40,41,42,43,44,45)/p+1. The molecule has 0 aliphatic carbocycles. The number of carboxylic acid groups (broad SMARTS) is 1. The fraction of sp³-hybridized carbons (Fsp3) is 0.429. The van der Waals surface area contributed by atoms with E-state index in [-0.39, 0.29) is 16.2 Å². The van der Waals surface area contributed by atoms with E-state index in [0.29, 0.717) is 45.4 Å². The normalized spacial score (nSPS) is 20.0. The van der Waals surface area contributed by atoms with Gasteiger partial charge in [0.15, 0.2) is 5.71 Å². The van der Waals surface area contributed by atoms with Crippen LogP contribution in [0.2, 0.25) is 0 Å². The number of allylic oxidation sites excluding steroid dienone is 6. The van der Waals surface area contributed by atoms with E-state index in [0.717, 1.165) is 33.9 Å². The quantitative estimate of drug-likeness (QED) is 0.0865. The third kappa shape index (κ3) is 7.65. The summed E-state index contributed by atoms with van der Waals surface area (Å²) in [6.45, 7) is 9.68. The van der Waals surface area contributed by atoms with Gasteiger partial charge in [0.05, 0.1) is 15.2 Å². The van der Waals surface area contributed by atoms with Gasteiger partial charge in [0.2, 0.25) is 5.69 Å². The van der Waals surface area contributed by atoms with Gasteiger partial charge in [-0.1, -0.05) is 32.1 Å². The van der Waals surface area contributed by atoms with Crippen LogP contribution in [0.15, 0.2) is 82.3 Å². The Morgan fingerprint density at radius 1 is 0.917 bits per heavy atom. The Bertz CT molecular complexity index is 1910. The monoisotopic (exact) mass is 701 g/mol. The summed E-state index contributed by atoms with van der Waals surface area (Å²) >= 11 is 0. The molecule has 3 N–H and O–H groups in total. The number of carboxylic acids is 1. The second-order valence-corrected chi connectivity index (χ2v) is 15.6. The Labute approximate surface area is 283 Å². The van der Waals surface area contributed by atoms with Crippen LogP contribution in [0.5, 0.6) is 0 Å². The molecule has 0 amide bonds. The summed E-state index contributed by atoms with van der Waals surface area (Å²) in [6, 6.07) is 9.26. The van der Waals surface area contributed by atoms with Gasteiger partial charge >= 0.3 is 5.97 Å². The Morgan fingerprint density at radius 3 is 2.17 bits per heavy atom. The molecule has 0 saturated heterocycles.